The lowest BCUT2D eigenvalue weighted by Crippen LogP contribution is -2.35. The largest absolute Gasteiger partial charge is 0.376 e. The van der Waals surface area contributed by atoms with E-state index in [9.17, 15) is 0 Å². The van der Waals surface area contributed by atoms with Gasteiger partial charge in [0.05, 0.1) is 24.0 Å². The van der Waals surface area contributed by atoms with Gasteiger partial charge in [0, 0.05) is 13.2 Å². The van der Waals surface area contributed by atoms with Crippen molar-refractivity contribution in [3.8, 4) is 0 Å². The summed E-state index contributed by atoms with van der Waals surface area (Å²) in [7, 11) is 1.98. The standard InChI is InChI=1S/C12H22N4O/c1-3-7-16-10(9-14-15-16)12(13-2)11-6-4-5-8-17-11/h9,11-13H,3-8H2,1-2H3. The Bertz CT molecular complexity index is 333. The molecule has 1 aliphatic heterocycles. The highest BCUT2D eigenvalue weighted by atomic mass is 16.5. The molecule has 0 aromatic carbocycles. The molecular formula is C12H22N4O. The Morgan fingerprint density at radius 2 is 2.47 bits per heavy atom. The van der Waals surface area contributed by atoms with Crippen LogP contribution in [0.15, 0.2) is 6.20 Å². The Morgan fingerprint density at radius 1 is 1.59 bits per heavy atom. The van der Waals surface area contributed by atoms with E-state index >= 15 is 0 Å². The first-order valence-electron chi connectivity index (χ1n) is 6.54. The summed E-state index contributed by atoms with van der Waals surface area (Å²) < 4.78 is 7.84. The SMILES string of the molecule is CCCn1nncc1C(NC)C1CCCCO1. The van der Waals surface area contributed by atoms with Gasteiger partial charge in [-0.15, -0.1) is 5.10 Å². The van der Waals surface area contributed by atoms with E-state index in [0.717, 1.165) is 31.7 Å². The number of nitrogens with zero attached hydrogens (tertiary/aromatic N) is 3. The van der Waals surface area contributed by atoms with E-state index < -0.39 is 0 Å². The Balaban J connectivity index is 2.12. The molecule has 1 fully saturated rings. The third-order valence-corrected chi connectivity index (χ3v) is 3.30. The molecule has 1 aliphatic rings. The summed E-state index contributed by atoms with van der Waals surface area (Å²) in [6.45, 7) is 3.94. The van der Waals surface area contributed by atoms with Crippen LogP contribution in [0.2, 0.25) is 0 Å². The second-order valence-corrected chi connectivity index (χ2v) is 4.55. The number of nitrogens with one attached hydrogen (secondary N) is 1. The van der Waals surface area contributed by atoms with E-state index in [2.05, 4.69) is 22.6 Å². The van der Waals surface area contributed by atoms with E-state index in [1.807, 2.05) is 17.9 Å². The molecule has 5 nitrogen and oxygen atoms in total. The second kappa shape index (κ2) is 6.12. The van der Waals surface area contributed by atoms with Gasteiger partial charge in [0.25, 0.3) is 0 Å². The second-order valence-electron chi connectivity index (χ2n) is 4.55. The lowest BCUT2D eigenvalue weighted by Gasteiger charge is -2.30. The lowest BCUT2D eigenvalue weighted by atomic mass is 10.00. The van der Waals surface area contributed by atoms with Crippen molar-refractivity contribution >= 4 is 0 Å². The van der Waals surface area contributed by atoms with Crippen molar-refractivity contribution in [3.05, 3.63) is 11.9 Å². The molecule has 2 unspecified atom stereocenters. The zero-order valence-electron chi connectivity index (χ0n) is 10.7. The summed E-state index contributed by atoms with van der Waals surface area (Å²) in [6, 6.07) is 0.205. The highest BCUT2D eigenvalue weighted by Gasteiger charge is 2.27. The summed E-state index contributed by atoms with van der Waals surface area (Å²) in [5.74, 6) is 0. The average molecular weight is 238 g/mol. The van der Waals surface area contributed by atoms with Crippen LogP contribution in [0.5, 0.6) is 0 Å². The molecule has 0 aliphatic carbocycles. The monoisotopic (exact) mass is 238 g/mol. The van der Waals surface area contributed by atoms with Gasteiger partial charge in [-0.25, -0.2) is 4.68 Å². The highest BCUT2D eigenvalue weighted by molar-refractivity contribution is 5.05. The molecule has 17 heavy (non-hydrogen) atoms. The van der Waals surface area contributed by atoms with Crippen LogP contribution in [0.25, 0.3) is 0 Å². The number of aryl methyl sites for hydroxylation is 1. The smallest absolute Gasteiger partial charge is 0.0785 e. The molecule has 2 heterocycles. The first-order chi connectivity index (χ1) is 8.36. The van der Waals surface area contributed by atoms with Crippen LogP contribution in [-0.2, 0) is 11.3 Å². The molecule has 5 heteroatoms. The van der Waals surface area contributed by atoms with E-state index in [4.69, 9.17) is 4.74 Å². The van der Waals surface area contributed by atoms with Gasteiger partial charge in [0.2, 0.25) is 0 Å². The van der Waals surface area contributed by atoms with Gasteiger partial charge >= 0.3 is 0 Å². The molecule has 0 radical (unpaired) electrons. The fraction of sp³-hybridized carbons (Fsp3) is 0.833. The molecule has 0 amide bonds. The molecular weight excluding hydrogens is 216 g/mol. The van der Waals surface area contributed by atoms with Crippen molar-refractivity contribution in [2.45, 2.75) is 51.3 Å². The molecule has 0 saturated carbocycles. The number of hydrogen-bond acceptors (Lipinski definition) is 4. The third-order valence-electron chi connectivity index (χ3n) is 3.30. The maximum Gasteiger partial charge on any atom is 0.0785 e. The van der Waals surface area contributed by atoms with Gasteiger partial charge in [-0.3, -0.25) is 0 Å². The van der Waals surface area contributed by atoms with E-state index in [1.54, 1.807) is 0 Å². The first-order valence-corrected chi connectivity index (χ1v) is 6.54. The van der Waals surface area contributed by atoms with Gasteiger partial charge in [-0.2, -0.15) is 0 Å². The van der Waals surface area contributed by atoms with Crippen LogP contribution in [0.3, 0.4) is 0 Å². The summed E-state index contributed by atoms with van der Waals surface area (Å²) in [5, 5.41) is 11.5. The Labute approximate surface area is 103 Å². The van der Waals surface area contributed by atoms with Crippen LogP contribution >= 0.6 is 0 Å². The molecule has 96 valence electrons. The van der Waals surface area contributed by atoms with Crippen molar-refractivity contribution in [3.63, 3.8) is 0 Å². The molecule has 1 aromatic rings. The minimum absolute atomic E-state index is 0.205. The minimum atomic E-state index is 0.205. The van der Waals surface area contributed by atoms with E-state index in [0.29, 0.717) is 0 Å². The minimum Gasteiger partial charge on any atom is -0.376 e. The number of likely N-dealkylation sites (N-methyl/N-ethyl adjacent to an activating group) is 1. The van der Waals surface area contributed by atoms with Crippen LogP contribution < -0.4 is 5.32 Å². The van der Waals surface area contributed by atoms with Crippen molar-refractivity contribution < 1.29 is 4.74 Å². The van der Waals surface area contributed by atoms with Crippen molar-refractivity contribution in [2.75, 3.05) is 13.7 Å². The van der Waals surface area contributed by atoms with Gasteiger partial charge in [0.15, 0.2) is 0 Å². The van der Waals surface area contributed by atoms with Gasteiger partial charge in [-0.1, -0.05) is 12.1 Å². The van der Waals surface area contributed by atoms with Gasteiger partial charge in [0.1, 0.15) is 0 Å². The molecule has 1 aromatic heterocycles. The van der Waals surface area contributed by atoms with Crippen LogP contribution in [0, 0.1) is 0 Å². The number of ether oxygens (including phenoxy) is 1. The topological polar surface area (TPSA) is 52.0 Å². The Morgan fingerprint density at radius 3 is 3.12 bits per heavy atom. The summed E-state index contributed by atoms with van der Waals surface area (Å²) in [4.78, 5) is 0. The fourth-order valence-electron chi connectivity index (χ4n) is 2.44. The summed E-state index contributed by atoms with van der Waals surface area (Å²) in [6.07, 6.45) is 6.72. The summed E-state index contributed by atoms with van der Waals surface area (Å²) >= 11 is 0. The van der Waals surface area contributed by atoms with Crippen molar-refractivity contribution in [2.24, 2.45) is 0 Å². The van der Waals surface area contributed by atoms with E-state index in [-0.39, 0.29) is 12.1 Å². The quantitative estimate of drug-likeness (QED) is 0.845. The predicted octanol–water partition coefficient (Wildman–Crippen LogP) is 1.52. The van der Waals surface area contributed by atoms with Crippen LogP contribution in [0.4, 0.5) is 0 Å². The molecule has 0 bridgehead atoms. The first kappa shape index (κ1) is 12.5. The number of hydrogen-bond donors (Lipinski definition) is 1. The normalized spacial score (nSPS) is 22.6. The molecule has 1 saturated heterocycles. The molecule has 2 rings (SSSR count). The third kappa shape index (κ3) is 2.84. The van der Waals surface area contributed by atoms with E-state index in [1.165, 1.54) is 12.8 Å². The fourth-order valence-corrected chi connectivity index (χ4v) is 2.44. The average Bonchev–Trinajstić information content (AvgIpc) is 2.81. The number of aromatic nitrogens is 3. The van der Waals surface area contributed by atoms with Crippen molar-refractivity contribution in [1.82, 2.24) is 20.3 Å². The molecule has 2 atom stereocenters. The lowest BCUT2D eigenvalue weighted by molar-refractivity contribution is -0.00842. The zero-order chi connectivity index (χ0) is 12.1. The van der Waals surface area contributed by atoms with Crippen LogP contribution in [-0.4, -0.2) is 34.8 Å². The maximum atomic E-state index is 5.86. The Kier molecular flexibility index (Phi) is 4.50. The van der Waals surface area contributed by atoms with Crippen LogP contribution in [0.1, 0.15) is 44.3 Å². The zero-order valence-corrected chi connectivity index (χ0v) is 10.7. The Hall–Kier alpha value is -0.940. The summed E-state index contributed by atoms with van der Waals surface area (Å²) in [5.41, 5.74) is 1.14. The molecule has 0 spiro atoms. The number of rotatable bonds is 5. The van der Waals surface area contributed by atoms with Crippen molar-refractivity contribution in [1.29, 1.82) is 0 Å². The van der Waals surface area contributed by atoms with Gasteiger partial charge in [-0.05, 0) is 32.7 Å². The molecule has 1 N–H and O–H groups in total. The predicted molar refractivity (Wildman–Crippen MR) is 65.7 cm³/mol. The maximum absolute atomic E-state index is 5.86. The van der Waals surface area contributed by atoms with Gasteiger partial charge < -0.3 is 10.1 Å². The highest BCUT2D eigenvalue weighted by Crippen LogP contribution is 2.25.